The second-order valence-electron chi connectivity index (χ2n) is 9.77. The van der Waals surface area contributed by atoms with Crippen molar-refractivity contribution in [1.29, 1.82) is 10.8 Å². The largest absolute Gasteiger partial charge is 0.497 e. The van der Waals surface area contributed by atoms with Crippen molar-refractivity contribution < 1.29 is 27.4 Å². The molecule has 0 atom stereocenters. The van der Waals surface area contributed by atoms with Crippen molar-refractivity contribution in [3.05, 3.63) is 75.8 Å². The van der Waals surface area contributed by atoms with E-state index in [-0.39, 0.29) is 38.9 Å². The number of amidine groups is 2. The molecule has 0 aromatic heterocycles. The maximum atomic E-state index is 12.8. The van der Waals surface area contributed by atoms with Crippen LogP contribution >= 0.6 is 23.2 Å². The minimum atomic E-state index is -3.74. The summed E-state index contributed by atoms with van der Waals surface area (Å²) < 4.78 is 50.8. The molecule has 1 aliphatic rings. The first-order valence-electron chi connectivity index (χ1n) is 13.6. The fraction of sp³-hybridized carbons (Fsp3) is 0.226. The molecule has 0 aliphatic carbocycles. The molecule has 1 aliphatic heterocycles. The maximum absolute atomic E-state index is 12.8. The fourth-order valence-corrected chi connectivity index (χ4v) is 6.41. The first-order chi connectivity index (χ1) is 21.1. The molecule has 1 heterocycles. The van der Waals surface area contributed by atoms with Crippen LogP contribution in [0.25, 0.3) is 21.9 Å². The summed E-state index contributed by atoms with van der Waals surface area (Å²) in [7, 11) is -0.666. The average Bonchev–Trinajstić information content (AvgIpc) is 3.30. The Balaban J connectivity index is 1.63. The molecule has 0 saturated carbocycles. The monoisotopic (exact) mass is 656 g/mol. The van der Waals surface area contributed by atoms with Crippen LogP contribution in [-0.4, -0.2) is 54.1 Å². The number of hydrogen-bond acceptors (Lipinski definition) is 8. The lowest BCUT2D eigenvalue weighted by molar-refractivity contribution is 0.146. The van der Waals surface area contributed by atoms with Gasteiger partial charge in [-0.3, -0.25) is 10.8 Å². The van der Waals surface area contributed by atoms with Crippen LogP contribution < -0.4 is 24.2 Å². The summed E-state index contributed by atoms with van der Waals surface area (Å²) in [5, 5.41) is 21.4. The second kappa shape index (κ2) is 13.0. The number of rotatable bonds is 12. The fourth-order valence-electron chi connectivity index (χ4n) is 4.94. The number of ether oxygens (including phenoxy) is 4. The van der Waals surface area contributed by atoms with Crippen LogP contribution in [0.5, 0.6) is 23.0 Å². The topological polar surface area (TPSA) is 143 Å². The minimum Gasteiger partial charge on any atom is -0.497 e. The van der Waals surface area contributed by atoms with E-state index in [1.165, 1.54) is 38.5 Å². The van der Waals surface area contributed by atoms with Crippen LogP contribution in [0, 0.1) is 10.8 Å². The summed E-state index contributed by atoms with van der Waals surface area (Å²) in [5.74, 6) is 1.64. The van der Waals surface area contributed by atoms with Crippen LogP contribution in [0.1, 0.15) is 24.5 Å². The molecular weight excluding hydrogens is 627 g/mol. The van der Waals surface area contributed by atoms with E-state index < -0.39 is 10.0 Å². The number of halogens is 2. The van der Waals surface area contributed by atoms with Crippen molar-refractivity contribution in [2.75, 3.05) is 34.0 Å². The van der Waals surface area contributed by atoms with E-state index >= 15 is 0 Å². The average molecular weight is 658 g/mol. The smallest absolute Gasteiger partial charge is 0.240 e. The van der Waals surface area contributed by atoms with E-state index in [1.807, 2.05) is 6.92 Å². The van der Waals surface area contributed by atoms with Crippen LogP contribution in [0.3, 0.4) is 0 Å². The van der Waals surface area contributed by atoms with E-state index in [1.54, 1.807) is 30.3 Å². The Bertz CT molecular complexity index is 1860. The Morgan fingerprint density at radius 2 is 1.57 bits per heavy atom. The minimum absolute atomic E-state index is 0.0315. The molecule has 4 N–H and O–H groups in total. The molecule has 0 bridgehead atoms. The summed E-state index contributed by atoms with van der Waals surface area (Å²) in [4.78, 5) is 0.0725. The van der Waals surface area contributed by atoms with Gasteiger partial charge in [-0.2, -0.15) is 0 Å². The van der Waals surface area contributed by atoms with Crippen LogP contribution in [0.2, 0.25) is 10.0 Å². The molecule has 0 saturated heterocycles. The number of fused-ring (bicyclic) bond motifs is 2. The van der Waals surface area contributed by atoms with Crippen molar-refractivity contribution >= 4 is 55.7 Å². The molecule has 0 spiro atoms. The quantitative estimate of drug-likeness (QED) is 0.126. The molecule has 0 radical (unpaired) electrons. The normalized spacial score (nSPS) is 12.8. The molecule has 0 unspecified atom stereocenters. The van der Waals surface area contributed by atoms with Gasteiger partial charge < -0.3 is 24.3 Å². The van der Waals surface area contributed by atoms with Crippen LogP contribution in [-0.2, 0) is 14.8 Å². The zero-order valence-corrected chi connectivity index (χ0v) is 26.5. The summed E-state index contributed by atoms with van der Waals surface area (Å²) in [6.07, 6.45) is 0.548. The lowest BCUT2D eigenvalue weighted by Crippen LogP contribution is -2.25. The summed E-state index contributed by atoms with van der Waals surface area (Å²) in [6, 6.07) is 14.7. The number of methoxy groups -OCH3 is 2. The SMILES string of the molecule is CCOCCCNS(=O)(=O)c1ccc(Oc2c(Cl)c(Cl)cc3cc4c(c(-c5cc(OC)cc(OC)c5)c23)C(=N)NC4=N)cc1. The van der Waals surface area contributed by atoms with E-state index in [0.29, 0.717) is 69.9 Å². The van der Waals surface area contributed by atoms with Gasteiger partial charge in [-0.05, 0) is 72.8 Å². The number of nitrogens with one attached hydrogen (secondary N) is 4. The van der Waals surface area contributed by atoms with Crippen LogP contribution in [0.15, 0.2) is 59.5 Å². The molecule has 0 fully saturated rings. The van der Waals surface area contributed by atoms with Gasteiger partial charge in [-0.25, -0.2) is 13.1 Å². The molecule has 5 rings (SSSR count). The molecule has 0 amide bonds. The van der Waals surface area contributed by atoms with Gasteiger partial charge in [0, 0.05) is 47.9 Å². The first-order valence-corrected chi connectivity index (χ1v) is 15.8. The Hall–Kier alpha value is -3.87. The summed E-state index contributed by atoms with van der Waals surface area (Å²) >= 11 is 13.4. The Labute approximate surface area is 265 Å². The highest BCUT2D eigenvalue weighted by Gasteiger charge is 2.30. The summed E-state index contributed by atoms with van der Waals surface area (Å²) in [6.45, 7) is 3.16. The molecule has 44 heavy (non-hydrogen) atoms. The summed E-state index contributed by atoms with van der Waals surface area (Å²) in [5.41, 5.74) is 2.16. The third-order valence-electron chi connectivity index (χ3n) is 7.00. The molecular formula is C31H30Cl2N4O6S. The second-order valence-corrected chi connectivity index (χ2v) is 12.3. The van der Waals surface area contributed by atoms with Gasteiger partial charge in [0.05, 0.1) is 24.1 Å². The van der Waals surface area contributed by atoms with E-state index in [2.05, 4.69) is 10.0 Å². The van der Waals surface area contributed by atoms with Crippen LogP contribution in [0.4, 0.5) is 0 Å². The van der Waals surface area contributed by atoms with Gasteiger partial charge in [0.1, 0.15) is 33.9 Å². The lowest BCUT2D eigenvalue weighted by Gasteiger charge is -2.19. The number of hydrogen-bond donors (Lipinski definition) is 4. The van der Waals surface area contributed by atoms with Gasteiger partial charge in [-0.1, -0.05) is 23.2 Å². The number of sulfonamides is 1. The Morgan fingerprint density at radius 3 is 2.20 bits per heavy atom. The van der Waals surface area contributed by atoms with E-state index in [4.69, 9.17) is 53.0 Å². The Morgan fingerprint density at radius 1 is 0.886 bits per heavy atom. The van der Waals surface area contributed by atoms with Crippen molar-refractivity contribution in [1.82, 2.24) is 10.0 Å². The van der Waals surface area contributed by atoms with Crippen molar-refractivity contribution in [2.24, 2.45) is 0 Å². The van der Waals surface area contributed by atoms with Crippen molar-refractivity contribution in [3.8, 4) is 34.1 Å². The van der Waals surface area contributed by atoms with Gasteiger partial charge in [0.15, 0.2) is 5.75 Å². The highest BCUT2D eigenvalue weighted by atomic mass is 35.5. The molecule has 13 heteroatoms. The number of benzene rings is 4. The predicted molar refractivity (Wildman–Crippen MR) is 172 cm³/mol. The zero-order chi connectivity index (χ0) is 31.6. The molecule has 230 valence electrons. The van der Waals surface area contributed by atoms with E-state index in [0.717, 1.165) is 0 Å². The molecule has 10 nitrogen and oxygen atoms in total. The van der Waals surface area contributed by atoms with Gasteiger partial charge >= 0.3 is 0 Å². The zero-order valence-electron chi connectivity index (χ0n) is 24.1. The van der Waals surface area contributed by atoms with Gasteiger partial charge in [0.2, 0.25) is 10.0 Å². The lowest BCUT2D eigenvalue weighted by atomic mass is 9.89. The third kappa shape index (κ3) is 6.19. The van der Waals surface area contributed by atoms with Crippen molar-refractivity contribution in [3.63, 3.8) is 0 Å². The predicted octanol–water partition coefficient (Wildman–Crippen LogP) is 6.58. The van der Waals surface area contributed by atoms with Crippen molar-refractivity contribution in [2.45, 2.75) is 18.2 Å². The van der Waals surface area contributed by atoms with Gasteiger partial charge in [-0.15, -0.1) is 0 Å². The highest BCUT2D eigenvalue weighted by molar-refractivity contribution is 7.89. The molecule has 4 aromatic carbocycles. The van der Waals surface area contributed by atoms with E-state index in [9.17, 15) is 8.42 Å². The highest BCUT2D eigenvalue weighted by Crippen LogP contribution is 2.49. The standard InChI is InChI=1S/C31H30Cl2N4O6S/c1-4-42-11-5-10-36-44(38,39)22-8-6-19(7-9-22)43-29-26-18(15-24(32)28(29)33)14-23-27(31(35)37-30(23)34)25(26)17-12-20(40-2)16-21(13-17)41-3/h6-9,12-16,36H,4-5,10-11H2,1-3H3,(H3,34,35,37). The maximum Gasteiger partial charge on any atom is 0.240 e. The Kier molecular flexibility index (Phi) is 9.33. The first kappa shape index (κ1) is 31.6. The van der Waals surface area contributed by atoms with Gasteiger partial charge in [0.25, 0.3) is 0 Å². The molecule has 4 aromatic rings. The third-order valence-corrected chi connectivity index (χ3v) is 9.25.